The van der Waals surface area contributed by atoms with Crippen molar-refractivity contribution >= 4 is 5.91 Å². The Morgan fingerprint density at radius 3 is 2.43 bits per heavy atom. The van der Waals surface area contributed by atoms with E-state index in [9.17, 15) is 4.79 Å². The van der Waals surface area contributed by atoms with Crippen LogP contribution in [0.5, 0.6) is 5.75 Å². The summed E-state index contributed by atoms with van der Waals surface area (Å²) in [5.41, 5.74) is 3.68. The topological polar surface area (TPSA) is 64.3 Å². The lowest BCUT2D eigenvalue weighted by atomic mass is 9.82. The molecule has 21 heavy (non-hydrogen) atoms. The van der Waals surface area contributed by atoms with E-state index in [1.165, 1.54) is 5.56 Å². The number of nitrogens with two attached hydrogens (primary N) is 1. The van der Waals surface area contributed by atoms with E-state index in [2.05, 4.69) is 38.3 Å². The minimum Gasteiger partial charge on any atom is -0.494 e. The van der Waals surface area contributed by atoms with Crippen LogP contribution in [-0.2, 0) is 10.2 Å². The minimum atomic E-state index is -0.106. The van der Waals surface area contributed by atoms with Crippen LogP contribution in [0.1, 0.15) is 58.4 Å². The zero-order valence-electron chi connectivity index (χ0n) is 13.4. The maximum absolute atomic E-state index is 10.9. The Balaban J connectivity index is 2.26. The maximum atomic E-state index is 10.9. The van der Waals surface area contributed by atoms with E-state index in [-0.39, 0.29) is 11.3 Å². The van der Waals surface area contributed by atoms with Crippen LogP contribution in [0.3, 0.4) is 0 Å². The smallest absolute Gasteiger partial charge is 0.233 e. The van der Waals surface area contributed by atoms with E-state index in [1.54, 1.807) is 0 Å². The fourth-order valence-corrected chi connectivity index (χ4v) is 2.03. The molecule has 0 fully saturated rings. The molecule has 0 bridgehead atoms. The molecule has 3 N–H and O–H groups in total. The maximum Gasteiger partial charge on any atom is 0.233 e. The molecule has 0 heterocycles. The number of hydrogen-bond acceptors (Lipinski definition) is 3. The van der Waals surface area contributed by atoms with E-state index in [1.807, 2.05) is 12.1 Å². The van der Waals surface area contributed by atoms with Gasteiger partial charge in [-0.05, 0) is 48.8 Å². The summed E-state index contributed by atoms with van der Waals surface area (Å²) in [7, 11) is 0. The second-order valence-electron chi connectivity index (χ2n) is 5.99. The van der Waals surface area contributed by atoms with Crippen LogP contribution in [0.2, 0.25) is 0 Å². The van der Waals surface area contributed by atoms with Crippen molar-refractivity contribution in [3.8, 4) is 5.75 Å². The van der Waals surface area contributed by atoms with Gasteiger partial charge < -0.3 is 4.74 Å². The number of hydrogen-bond donors (Lipinski definition) is 2. The van der Waals surface area contributed by atoms with Crippen LogP contribution in [0.15, 0.2) is 24.3 Å². The average Bonchev–Trinajstić information content (AvgIpc) is 2.50. The zero-order chi connectivity index (χ0) is 15.7. The van der Waals surface area contributed by atoms with Gasteiger partial charge in [-0.15, -0.1) is 0 Å². The molecule has 0 saturated heterocycles. The van der Waals surface area contributed by atoms with Gasteiger partial charge in [0, 0.05) is 6.42 Å². The third-order valence-corrected chi connectivity index (χ3v) is 4.00. The number of benzene rings is 1. The summed E-state index contributed by atoms with van der Waals surface area (Å²) in [5.74, 6) is 5.82. The molecule has 0 atom stereocenters. The van der Waals surface area contributed by atoms with Crippen LogP contribution in [0.4, 0.5) is 0 Å². The number of carbonyl (C=O) groups excluding carboxylic acids is 1. The normalized spacial score (nSPS) is 11.2. The molecule has 4 nitrogen and oxygen atoms in total. The molecule has 1 aromatic rings. The van der Waals surface area contributed by atoms with E-state index in [4.69, 9.17) is 10.6 Å². The molecule has 0 radical (unpaired) electrons. The fraction of sp³-hybridized carbons (Fsp3) is 0.588. The number of hydrazine groups is 1. The summed E-state index contributed by atoms with van der Waals surface area (Å²) in [6.45, 7) is 7.39. The van der Waals surface area contributed by atoms with E-state index in [0.29, 0.717) is 13.0 Å². The van der Waals surface area contributed by atoms with Gasteiger partial charge in [0.05, 0.1) is 6.61 Å². The molecule has 118 valence electrons. The van der Waals surface area contributed by atoms with Gasteiger partial charge in [0.2, 0.25) is 5.91 Å². The predicted octanol–water partition coefficient (Wildman–Crippen LogP) is 3.30. The van der Waals surface area contributed by atoms with E-state index >= 15 is 0 Å². The molecule has 0 aliphatic rings. The molecule has 0 aromatic heterocycles. The van der Waals surface area contributed by atoms with Crippen LogP contribution < -0.4 is 16.0 Å². The summed E-state index contributed by atoms with van der Waals surface area (Å²) >= 11 is 0. The molecular formula is C17H28N2O2. The Bertz CT molecular complexity index is 427. The largest absolute Gasteiger partial charge is 0.494 e. The quantitative estimate of drug-likeness (QED) is 0.318. The number of nitrogens with one attached hydrogen (secondary N) is 1. The monoisotopic (exact) mass is 292 g/mol. The second-order valence-corrected chi connectivity index (χ2v) is 5.99. The highest BCUT2D eigenvalue weighted by molar-refractivity contribution is 5.75. The third kappa shape index (κ3) is 6.17. The average molecular weight is 292 g/mol. The summed E-state index contributed by atoms with van der Waals surface area (Å²) in [6, 6.07) is 8.36. The Morgan fingerprint density at radius 2 is 1.86 bits per heavy atom. The first-order valence-electron chi connectivity index (χ1n) is 7.72. The molecule has 1 rings (SSSR count). The summed E-state index contributed by atoms with van der Waals surface area (Å²) in [4.78, 5) is 10.9. The number of rotatable bonds is 9. The molecule has 1 aromatic carbocycles. The highest BCUT2D eigenvalue weighted by Crippen LogP contribution is 2.28. The Morgan fingerprint density at radius 1 is 1.19 bits per heavy atom. The van der Waals surface area contributed by atoms with Gasteiger partial charge in [-0.3, -0.25) is 10.2 Å². The number of amides is 1. The highest BCUT2D eigenvalue weighted by Gasteiger charge is 2.17. The molecular weight excluding hydrogens is 264 g/mol. The van der Waals surface area contributed by atoms with Crippen molar-refractivity contribution in [1.82, 2.24) is 5.43 Å². The van der Waals surface area contributed by atoms with Crippen molar-refractivity contribution in [2.24, 2.45) is 5.84 Å². The molecule has 0 unspecified atom stereocenters. The van der Waals surface area contributed by atoms with Gasteiger partial charge in [0.15, 0.2) is 0 Å². The first-order chi connectivity index (χ1) is 9.99. The lowest BCUT2D eigenvalue weighted by molar-refractivity contribution is -0.121. The molecule has 1 amide bonds. The predicted molar refractivity (Wildman–Crippen MR) is 86.1 cm³/mol. The molecule has 0 aliphatic heterocycles. The molecule has 0 spiro atoms. The van der Waals surface area contributed by atoms with E-state index < -0.39 is 0 Å². The lowest BCUT2D eigenvalue weighted by Gasteiger charge is -2.23. The number of carbonyl (C=O) groups is 1. The first-order valence-corrected chi connectivity index (χ1v) is 7.72. The highest BCUT2D eigenvalue weighted by atomic mass is 16.5. The summed E-state index contributed by atoms with van der Waals surface area (Å²) < 4.78 is 5.72. The van der Waals surface area contributed by atoms with Crippen molar-refractivity contribution in [2.75, 3.05) is 6.61 Å². The van der Waals surface area contributed by atoms with Crippen molar-refractivity contribution in [3.05, 3.63) is 29.8 Å². The Kier molecular flexibility index (Phi) is 7.23. The standard InChI is InChI=1S/C17H28N2O2/c1-4-17(2,3)14-9-11-15(12-10-14)21-13-7-5-6-8-16(20)19-18/h9-12H,4-8,13,18H2,1-3H3,(H,19,20). The Labute approximate surface area is 128 Å². The molecule has 0 saturated carbocycles. The van der Waals surface area contributed by atoms with Crippen LogP contribution >= 0.6 is 0 Å². The zero-order valence-corrected chi connectivity index (χ0v) is 13.4. The van der Waals surface area contributed by atoms with Crippen LogP contribution in [0, 0.1) is 0 Å². The summed E-state index contributed by atoms with van der Waals surface area (Å²) in [6.07, 6.45) is 4.35. The minimum absolute atomic E-state index is 0.106. The van der Waals surface area contributed by atoms with Gasteiger partial charge >= 0.3 is 0 Å². The van der Waals surface area contributed by atoms with Crippen molar-refractivity contribution < 1.29 is 9.53 Å². The van der Waals surface area contributed by atoms with Gasteiger partial charge in [-0.1, -0.05) is 32.9 Å². The van der Waals surface area contributed by atoms with Crippen LogP contribution in [0.25, 0.3) is 0 Å². The van der Waals surface area contributed by atoms with Gasteiger partial charge in [-0.25, -0.2) is 5.84 Å². The molecule has 0 aliphatic carbocycles. The van der Waals surface area contributed by atoms with Gasteiger partial charge in [-0.2, -0.15) is 0 Å². The van der Waals surface area contributed by atoms with Crippen molar-refractivity contribution in [2.45, 2.75) is 58.3 Å². The van der Waals surface area contributed by atoms with Crippen molar-refractivity contribution in [3.63, 3.8) is 0 Å². The first kappa shape index (κ1) is 17.5. The fourth-order valence-electron chi connectivity index (χ4n) is 2.03. The lowest BCUT2D eigenvalue weighted by Crippen LogP contribution is -2.29. The van der Waals surface area contributed by atoms with Gasteiger partial charge in [0.1, 0.15) is 5.75 Å². The number of ether oxygens (including phenoxy) is 1. The summed E-state index contributed by atoms with van der Waals surface area (Å²) in [5, 5.41) is 0. The Hall–Kier alpha value is -1.55. The third-order valence-electron chi connectivity index (χ3n) is 4.00. The van der Waals surface area contributed by atoms with Crippen molar-refractivity contribution in [1.29, 1.82) is 0 Å². The van der Waals surface area contributed by atoms with Crippen LogP contribution in [-0.4, -0.2) is 12.5 Å². The SMILES string of the molecule is CCC(C)(C)c1ccc(OCCCCCC(=O)NN)cc1. The number of unbranched alkanes of at least 4 members (excludes halogenated alkanes) is 2. The van der Waals surface area contributed by atoms with E-state index in [0.717, 1.165) is 31.4 Å². The second kappa shape index (κ2) is 8.67. The van der Waals surface area contributed by atoms with Gasteiger partial charge in [0.25, 0.3) is 0 Å². The molecule has 4 heteroatoms.